The SMILES string of the molecule is C[C@@](O)(CNC(=O)c1ccccn1)Cc1ccco1. The van der Waals surface area contributed by atoms with Crippen LogP contribution in [0, 0.1) is 0 Å². The molecule has 0 aliphatic rings. The molecule has 100 valence electrons. The van der Waals surface area contributed by atoms with Gasteiger partial charge in [0.2, 0.25) is 0 Å². The maximum atomic E-state index is 11.8. The van der Waals surface area contributed by atoms with Crippen LogP contribution in [0.25, 0.3) is 0 Å². The van der Waals surface area contributed by atoms with Crippen LogP contribution in [-0.4, -0.2) is 28.1 Å². The fourth-order valence-corrected chi connectivity index (χ4v) is 1.71. The number of nitrogens with one attached hydrogen (secondary N) is 1. The Labute approximate surface area is 111 Å². The van der Waals surface area contributed by atoms with E-state index < -0.39 is 5.60 Å². The zero-order valence-corrected chi connectivity index (χ0v) is 10.7. The summed E-state index contributed by atoms with van der Waals surface area (Å²) in [5.74, 6) is 0.373. The molecule has 0 spiro atoms. The van der Waals surface area contributed by atoms with Crippen LogP contribution >= 0.6 is 0 Å². The molecule has 0 fully saturated rings. The summed E-state index contributed by atoms with van der Waals surface area (Å²) in [6.07, 6.45) is 3.44. The van der Waals surface area contributed by atoms with Crippen LogP contribution < -0.4 is 5.32 Å². The lowest BCUT2D eigenvalue weighted by molar-refractivity contribution is 0.0509. The van der Waals surface area contributed by atoms with Crippen LogP contribution in [0.2, 0.25) is 0 Å². The van der Waals surface area contributed by atoms with E-state index in [2.05, 4.69) is 10.3 Å². The third kappa shape index (κ3) is 3.93. The van der Waals surface area contributed by atoms with Gasteiger partial charge in [-0.15, -0.1) is 0 Å². The maximum absolute atomic E-state index is 11.8. The Balaban J connectivity index is 1.89. The van der Waals surface area contributed by atoms with Crippen LogP contribution in [0.4, 0.5) is 0 Å². The van der Waals surface area contributed by atoms with Crippen molar-refractivity contribution in [3.05, 3.63) is 54.2 Å². The van der Waals surface area contributed by atoms with Crippen molar-refractivity contribution in [3.8, 4) is 0 Å². The van der Waals surface area contributed by atoms with Crippen molar-refractivity contribution in [2.75, 3.05) is 6.54 Å². The lowest BCUT2D eigenvalue weighted by atomic mass is 10.0. The van der Waals surface area contributed by atoms with Gasteiger partial charge < -0.3 is 14.8 Å². The van der Waals surface area contributed by atoms with Crippen molar-refractivity contribution < 1.29 is 14.3 Å². The number of carbonyl (C=O) groups is 1. The van der Waals surface area contributed by atoms with Gasteiger partial charge in [0, 0.05) is 19.2 Å². The second-order valence-electron chi connectivity index (χ2n) is 4.65. The van der Waals surface area contributed by atoms with Gasteiger partial charge in [-0.2, -0.15) is 0 Å². The zero-order valence-electron chi connectivity index (χ0n) is 10.7. The number of furan rings is 1. The molecule has 0 aliphatic carbocycles. The lowest BCUT2D eigenvalue weighted by Crippen LogP contribution is -2.42. The first-order chi connectivity index (χ1) is 9.07. The minimum absolute atomic E-state index is 0.128. The molecule has 0 saturated carbocycles. The highest BCUT2D eigenvalue weighted by Crippen LogP contribution is 2.12. The molecular weight excluding hydrogens is 244 g/mol. The molecule has 2 aromatic rings. The Hall–Kier alpha value is -2.14. The molecule has 2 rings (SSSR count). The van der Waals surface area contributed by atoms with E-state index in [1.54, 1.807) is 49.7 Å². The average molecular weight is 260 g/mol. The molecule has 2 heterocycles. The monoisotopic (exact) mass is 260 g/mol. The number of aliphatic hydroxyl groups is 1. The molecular formula is C14H16N2O3. The zero-order chi connectivity index (χ0) is 13.7. The molecule has 5 nitrogen and oxygen atoms in total. The van der Waals surface area contributed by atoms with Crippen LogP contribution in [-0.2, 0) is 6.42 Å². The van der Waals surface area contributed by atoms with Gasteiger partial charge >= 0.3 is 0 Å². The summed E-state index contributed by atoms with van der Waals surface area (Å²) >= 11 is 0. The minimum atomic E-state index is -1.07. The summed E-state index contributed by atoms with van der Waals surface area (Å²) in [6.45, 7) is 1.78. The molecule has 0 aromatic carbocycles. The summed E-state index contributed by atoms with van der Waals surface area (Å²) in [5.41, 5.74) is -0.737. The number of carbonyl (C=O) groups excluding carboxylic acids is 1. The molecule has 2 N–H and O–H groups in total. The fourth-order valence-electron chi connectivity index (χ4n) is 1.71. The molecule has 0 aliphatic heterocycles. The number of nitrogens with zero attached hydrogens (tertiary/aromatic N) is 1. The van der Waals surface area contributed by atoms with E-state index in [9.17, 15) is 9.90 Å². The number of pyridine rings is 1. The van der Waals surface area contributed by atoms with E-state index in [4.69, 9.17) is 4.42 Å². The van der Waals surface area contributed by atoms with Crippen LogP contribution in [0.1, 0.15) is 23.2 Å². The number of hydrogen-bond donors (Lipinski definition) is 2. The quantitative estimate of drug-likeness (QED) is 0.852. The van der Waals surface area contributed by atoms with Gasteiger partial charge in [-0.3, -0.25) is 9.78 Å². The highest BCUT2D eigenvalue weighted by atomic mass is 16.3. The molecule has 0 unspecified atom stereocenters. The topological polar surface area (TPSA) is 75.4 Å². The van der Waals surface area contributed by atoms with Crippen LogP contribution in [0.15, 0.2) is 47.2 Å². The van der Waals surface area contributed by atoms with Gasteiger partial charge in [0.1, 0.15) is 11.5 Å². The van der Waals surface area contributed by atoms with E-state index in [1.165, 1.54) is 0 Å². The molecule has 19 heavy (non-hydrogen) atoms. The Morgan fingerprint density at radius 3 is 2.89 bits per heavy atom. The summed E-state index contributed by atoms with van der Waals surface area (Å²) in [6, 6.07) is 8.65. The Bertz CT molecular complexity index is 521. The standard InChI is InChI=1S/C14H16N2O3/c1-14(18,9-11-5-4-8-19-11)10-16-13(17)12-6-2-3-7-15-12/h2-8,18H,9-10H2,1H3,(H,16,17)/t14-/m0/s1. The largest absolute Gasteiger partial charge is 0.469 e. The average Bonchev–Trinajstić information content (AvgIpc) is 2.89. The summed E-state index contributed by atoms with van der Waals surface area (Å²) in [7, 11) is 0. The van der Waals surface area contributed by atoms with E-state index in [0.29, 0.717) is 17.9 Å². The predicted octanol–water partition coefficient (Wildman–Crippen LogP) is 1.40. The molecule has 0 radical (unpaired) electrons. The molecule has 0 saturated heterocycles. The summed E-state index contributed by atoms with van der Waals surface area (Å²) in [5, 5.41) is 12.8. The van der Waals surface area contributed by atoms with E-state index in [0.717, 1.165) is 0 Å². The van der Waals surface area contributed by atoms with Gasteiger partial charge in [0.15, 0.2) is 0 Å². The molecule has 2 aromatic heterocycles. The first-order valence-corrected chi connectivity index (χ1v) is 6.01. The second kappa shape index (κ2) is 5.67. The van der Waals surface area contributed by atoms with Gasteiger partial charge in [0.25, 0.3) is 5.91 Å². The van der Waals surface area contributed by atoms with E-state index in [-0.39, 0.29) is 12.5 Å². The molecule has 1 atom stereocenters. The van der Waals surface area contributed by atoms with Crippen LogP contribution in [0.3, 0.4) is 0 Å². The lowest BCUT2D eigenvalue weighted by Gasteiger charge is -2.22. The number of amides is 1. The van der Waals surface area contributed by atoms with Gasteiger partial charge in [0.05, 0.1) is 11.9 Å². The predicted molar refractivity (Wildman–Crippen MR) is 69.6 cm³/mol. The van der Waals surface area contributed by atoms with Gasteiger partial charge in [-0.25, -0.2) is 0 Å². The second-order valence-corrected chi connectivity index (χ2v) is 4.65. The smallest absolute Gasteiger partial charge is 0.269 e. The molecule has 0 bridgehead atoms. The van der Waals surface area contributed by atoms with E-state index in [1.807, 2.05) is 0 Å². The van der Waals surface area contributed by atoms with Crippen molar-refractivity contribution in [2.24, 2.45) is 0 Å². The van der Waals surface area contributed by atoms with Crippen molar-refractivity contribution in [2.45, 2.75) is 18.9 Å². The Kier molecular flexibility index (Phi) is 3.97. The fraction of sp³-hybridized carbons (Fsp3) is 0.286. The normalized spacial score (nSPS) is 13.8. The molecule has 1 amide bonds. The van der Waals surface area contributed by atoms with Crippen molar-refractivity contribution in [3.63, 3.8) is 0 Å². The third-order valence-electron chi connectivity index (χ3n) is 2.66. The van der Waals surface area contributed by atoms with Gasteiger partial charge in [-0.1, -0.05) is 6.07 Å². The minimum Gasteiger partial charge on any atom is -0.469 e. The van der Waals surface area contributed by atoms with Crippen molar-refractivity contribution in [1.29, 1.82) is 0 Å². The first-order valence-electron chi connectivity index (χ1n) is 6.01. The maximum Gasteiger partial charge on any atom is 0.269 e. The summed E-state index contributed by atoms with van der Waals surface area (Å²) < 4.78 is 5.18. The van der Waals surface area contributed by atoms with Crippen molar-refractivity contribution in [1.82, 2.24) is 10.3 Å². The third-order valence-corrected chi connectivity index (χ3v) is 2.66. The Morgan fingerprint density at radius 2 is 2.26 bits per heavy atom. The van der Waals surface area contributed by atoms with Gasteiger partial charge in [-0.05, 0) is 31.2 Å². The van der Waals surface area contributed by atoms with E-state index >= 15 is 0 Å². The number of hydrogen-bond acceptors (Lipinski definition) is 4. The van der Waals surface area contributed by atoms with Crippen LogP contribution in [0.5, 0.6) is 0 Å². The Morgan fingerprint density at radius 1 is 1.42 bits per heavy atom. The van der Waals surface area contributed by atoms with Crippen molar-refractivity contribution >= 4 is 5.91 Å². The highest BCUT2D eigenvalue weighted by Gasteiger charge is 2.23. The summed E-state index contributed by atoms with van der Waals surface area (Å²) in [4.78, 5) is 15.7. The number of rotatable bonds is 5. The number of aromatic nitrogens is 1. The molecule has 5 heteroatoms. The first kappa shape index (κ1) is 13.3. The highest BCUT2D eigenvalue weighted by molar-refractivity contribution is 5.92.